The fraction of sp³-hybridized carbons (Fsp3) is 0.261. The molecule has 0 radical (unpaired) electrons. The Morgan fingerprint density at radius 3 is 2.55 bits per heavy atom. The number of thiophene rings is 2. The number of methoxy groups -OCH3 is 2. The molecule has 10 heteroatoms. The van der Waals surface area contributed by atoms with Crippen LogP contribution in [0.25, 0.3) is 10.2 Å². The average molecular weight is 486 g/mol. The number of hydrogen-bond donors (Lipinski definition) is 1. The fourth-order valence-corrected chi connectivity index (χ4v) is 5.09. The molecule has 4 aromatic rings. The summed E-state index contributed by atoms with van der Waals surface area (Å²) in [6.07, 6.45) is 0.579. The van der Waals surface area contributed by atoms with E-state index < -0.39 is 5.69 Å². The first-order valence-electron chi connectivity index (χ1n) is 10.2. The van der Waals surface area contributed by atoms with Crippen molar-refractivity contribution in [1.29, 1.82) is 0 Å². The van der Waals surface area contributed by atoms with Crippen molar-refractivity contribution >= 4 is 38.8 Å². The number of aromatic nitrogens is 2. The second-order valence-corrected chi connectivity index (χ2v) is 9.20. The summed E-state index contributed by atoms with van der Waals surface area (Å²) in [6, 6.07) is 11.0. The van der Waals surface area contributed by atoms with E-state index in [-0.39, 0.29) is 31.1 Å². The van der Waals surface area contributed by atoms with Gasteiger partial charge < -0.3 is 14.8 Å². The van der Waals surface area contributed by atoms with Gasteiger partial charge in [0, 0.05) is 18.0 Å². The van der Waals surface area contributed by atoms with Crippen LogP contribution >= 0.6 is 22.7 Å². The highest BCUT2D eigenvalue weighted by Crippen LogP contribution is 2.27. The molecule has 1 amide bonds. The molecule has 1 aromatic carbocycles. The highest BCUT2D eigenvalue weighted by molar-refractivity contribution is 7.17. The van der Waals surface area contributed by atoms with Gasteiger partial charge in [-0.3, -0.25) is 18.7 Å². The van der Waals surface area contributed by atoms with Crippen molar-refractivity contribution in [2.75, 3.05) is 14.2 Å². The first-order valence-corrected chi connectivity index (χ1v) is 12.0. The van der Waals surface area contributed by atoms with Gasteiger partial charge in [0.1, 0.15) is 11.2 Å². The highest BCUT2D eigenvalue weighted by atomic mass is 32.1. The minimum absolute atomic E-state index is 0.182. The van der Waals surface area contributed by atoms with E-state index in [1.165, 1.54) is 20.5 Å². The monoisotopic (exact) mass is 485 g/mol. The lowest BCUT2D eigenvalue weighted by Gasteiger charge is -2.13. The maximum Gasteiger partial charge on any atom is 0.332 e. The Morgan fingerprint density at radius 2 is 1.82 bits per heavy atom. The summed E-state index contributed by atoms with van der Waals surface area (Å²) in [7, 11) is 3.11. The molecule has 172 valence electrons. The van der Waals surface area contributed by atoms with Crippen molar-refractivity contribution in [2.24, 2.45) is 0 Å². The molecule has 33 heavy (non-hydrogen) atoms. The van der Waals surface area contributed by atoms with Gasteiger partial charge in [-0.2, -0.15) is 0 Å². The van der Waals surface area contributed by atoms with E-state index in [9.17, 15) is 14.4 Å². The standard InChI is InChI=1S/C23H23N3O5S2/c1-30-18-6-5-15(12-19(18)31-2)13-24-20(27)14-26-17-8-11-33-21(17)22(28)25(23(26)29)9-7-16-4-3-10-32-16/h3-6,8,10-12H,7,9,13-14H2,1-2H3,(H,24,27). The zero-order valence-electron chi connectivity index (χ0n) is 18.2. The molecule has 1 N–H and O–H groups in total. The van der Waals surface area contributed by atoms with Crippen LogP contribution in [0, 0.1) is 0 Å². The number of nitrogens with zero attached hydrogens (tertiary/aromatic N) is 2. The Bertz CT molecular complexity index is 1390. The minimum atomic E-state index is -0.483. The first kappa shape index (κ1) is 22.8. The predicted octanol–water partition coefficient (Wildman–Crippen LogP) is 2.86. The topological polar surface area (TPSA) is 91.6 Å². The molecular formula is C23H23N3O5S2. The zero-order chi connectivity index (χ0) is 23.4. The average Bonchev–Trinajstić information content (AvgIpc) is 3.52. The van der Waals surface area contributed by atoms with Gasteiger partial charge in [0.15, 0.2) is 11.5 Å². The zero-order valence-corrected chi connectivity index (χ0v) is 19.8. The number of aryl methyl sites for hydroxylation is 1. The molecule has 0 atom stereocenters. The SMILES string of the molecule is COc1ccc(CNC(=O)Cn2c(=O)n(CCc3cccs3)c(=O)c3sccc32)cc1OC. The van der Waals surface area contributed by atoms with Gasteiger partial charge in [0.2, 0.25) is 5.91 Å². The van der Waals surface area contributed by atoms with E-state index in [2.05, 4.69) is 5.32 Å². The molecule has 0 bridgehead atoms. The van der Waals surface area contributed by atoms with Crippen LogP contribution in [-0.2, 0) is 30.8 Å². The maximum absolute atomic E-state index is 13.1. The van der Waals surface area contributed by atoms with Crippen LogP contribution in [0.2, 0.25) is 0 Å². The van der Waals surface area contributed by atoms with E-state index >= 15 is 0 Å². The second kappa shape index (κ2) is 10.1. The molecule has 0 fully saturated rings. The van der Waals surface area contributed by atoms with Crippen LogP contribution < -0.4 is 26.0 Å². The van der Waals surface area contributed by atoms with Gasteiger partial charge >= 0.3 is 5.69 Å². The van der Waals surface area contributed by atoms with Crippen LogP contribution in [0.5, 0.6) is 11.5 Å². The number of benzene rings is 1. The Labute approximate surface area is 197 Å². The lowest BCUT2D eigenvalue weighted by molar-refractivity contribution is -0.121. The molecule has 4 rings (SSSR count). The van der Waals surface area contributed by atoms with Gasteiger partial charge in [-0.15, -0.1) is 22.7 Å². The Hall–Kier alpha value is -3.37. The summed E-state index contributed by atoms with van der Waals surface area (Å²) in [5.74, 6) is 0.838. The van der Waals surface area contributed by atoms with Crippen LogP contribution in [0.3, 0.4) is 0 Å². The lowest BCUT2D eigenvalue weighted by Crippen LogP contribution is -2.42. The van der Waals surface area contributed by atoms with Crippen LogP contribution in [0.4, 0.5) is 0 Å². The second-order valence-electron chi connectivity index (χ2n) is 7.26. The molecule has 0 aliphatic rings. The number of amides is 1. The molecule has 0 aliphatic heterocycles. The third-order valence-electron chi connectivity index (χ3n) is 5.24. The minimum Gasteiger partial charge on any atom is -0.493 e. The summed E-state index contributed by atoms with van der Waals surface area (Å²) in [5.41, 5.74) is 0.505. The Morgan fingerprint density at radius 1 is 1.00 bits per heavy atom. The van der Waals surface area contributed by atoms with Crippen LogP contribution in [0.1, 0.15) is 10.4 Å². The number of fused-ring (bicyclic) bond motifs is 1. The van der Waals surface area contributed by atoms with Gasteiger partial charge in [0.05, 0.1) is 19.7 Å². The number of carbonyl (C=O) groups excluding carboxylic acids is 1. The predicted molar refractivity (Wildman–Crippen MR) is 130 cm³/mol. The summed E-state index contributed by atoms with van der Waals surface area (Å²) in [5, 5.41) is 6.55. The van der Waals surface area contributed by atoms with E-state index in [0.717, 1.165) is 10.4 Å². The van der Waals surface area contributed by atoms with E-state index in [0.29, 0.717) is 28.1 Å². The largest absolute Gasteiger partial charge is 0.493 e. The molecule has 0 aliphatic carbocycles. The smallest absolute Gasteiger partial charge is 0.332 e. The molecule has 0 spiro atoms. The molecule has 8 nitrogen and oxygen atoms in total. The molecule has 0 saturated carbocycles. The van der Waals surface area contributed by atoms with Crippen molar-refractivity contribution in [2.45, 2.75) is 26.1 Å². The summed E-state index contributed by atoms with van der Waals surface area (Å²) in [4.78, 5) is 39.8. The van der Waals surface area contributed by atoms with E-state index in [1.54, 1.807) is 49.1 Å². The number of hydrogen-bond acceptors (Lipinski definition) is 7. The van der Waals surface area contributed by atoms with Crippen molar-refractivity contribution in [1.82, 2.24) is 14.5 Å². The van der Waals surface area contributed by atoms with Crippen LogP contribution in [0.15, 0.2) is 56.7 Å². The molecule has 3 aromatic heterocycles. The van der Waals surface area contributed by atoms with Crippen molar-refractivity contribution in [3.8, 4) is 11.5 Å². The maximum atomic E-state index is 13.1. The fourth-order valence-electron chi connectivity index (χ4n) is 3.55. The van der Waals surface area contributed by atoms with E-state index in [4.69, 9.17) is 9.47 Å². The van der Waals surface area contributed by atoms with Crippen molar-refractivity contribution in [3.05, 3.63) is 78.4 Å². The van der Waals surface area contributed by atoms with Gasteiger partial charge in [0.25, 0.3) is 5.56 Å². The molecule has 0 saturated heterocycles. The van der Waals surface area contributed by atoms with Crippen molar-refractivity contribution < 1.29 is 14.3 Å². The number of nitrogens with one attached hydrogen (secondary N) is 1. The third kappa shape index (κ3) is 4.86. The number of carbonyl (C=O) groups is 1. The molecule has 3 heterocycles. The van der Waals surface area contributed by atoms with Gasteiger partial charge in [-0.25, -0.2) is 4.79 Å². The lowest BCUT2D eigenvalue weighted by atomic mass is 10.2. The molecular weight excluding hydrogens is 462 g/mol. The van der Waals surface area contributed by atoms with Gasteiger partial charge in [-0.05, 0) is 47.0 Å². The summed E-state index contributed by atoms with van der Waals surface area (Å²) >= 11 is 2.85. The molecule has 0 unspecified atom stereocenters. The summed E-state index contributed by atoms with van der Waals surface area (Å²) < 4.78 is 13.6. The van der Waals surface area contributed by atoms with Crippen LogP contribution in [-0.4, -0.2) is 29.3 Å². The summed E-state index contributed by atoms with van der Waals surface area (Å²) in [6.45, 7) is 0.344. The van der Waals surface area contributed by atoms with Gasteiger partial charge in [-0.1, -0.05) is 12.1 Å². The number of rotatable bonds is 9. The third-order valence-corrected chi connectivity index (χ3v) is 7.07. The Balaban J connectivity index is 1.54. The van der Waals surface area contributed by atoms with Crippen molar-refractivity contribution in [3.63, 3.8) is 0 Å². The number of ether oxygens (including phenoxy) is 2. The highest BCUT2D eigenvalue weighted by Gasteiger charge is 2.16. The quantitative estimate of drug-likeness (QED) is 0.394. The Kier molecular flexibility index (Phi) is 6.95. The normalized spacial score (nSPS) is 11.0. The van der Waals surface area contributed by atoms with E-state index in [1.807, 2.05) is 23.6 Å². The first-order chi connectivity index (χ1) is 16.0.